The van der Waals surface area contributed by atoms with E-state index < -0.39 is 0 Å². The van der Waals surface area contributed by atoms with Crippen LogP contribution in [0.15, 0.2) is 6.07 Å². The molecule has 0 N–H and O–H groups in total. The summed E-state index contributed by atoms with van der Waals surface area (Å²) < 4.78 is 0. The molecule has 2 rings (SSSR count). The Morgan fingerprint density at radius 3 is 2.67 bits per heavy atom. The lowest BCUT2D eigenvalue weighted by Crippen LogP contribution is -2.37. The molecular weight excluding hydrogens is 174 g/mol. The maximum Gasteiger partial charge on any atom is 0.134 e. The largest absolute Gasteiger partial charge is 0.356 e. The van der Waals surface area contributed by atoms with Crippen molar-refractivity contribution < 1.29 is 0 Å². The minimum absolute atomic E-state index is 0.532. The van der Waals surface area contributed by atoms with Crippen molar-refractivity contribution in [3.63, 3.8) is 0 Å². The molecule has 4 heteroatoms. The van der Waals surface area contributed by atoms with Gasteiger partial charge in [0.15, 0.2) is 0 Å². The topological polar surface area (TPSA) is 29.0 Å². The van der Waals surface area contributed by atoms with Crippen LogP contribution in [0, 0.1) is 6.92 Å². The van der Waals surface area contributed by atoms with Gasteiger partial charge < -0.3 is 4.90 Å². The lowest BCUT2D eigenvalue weighted by molar-refractivity contribution is 0.608. The van der Waals surface area contributed by atoms with Crippen LogP contribution in [0.25, 0.3) is 0 Å². The van der Waals surface area contributed by atoms with E-state index in [4.69, 9.17) is 11.6 Å². The van der Waals surface area contributed by atoms with Crippen molar-refractivity contribution in [3.8, 4) is 0 Å². The van der Waals surface area contributed by atoms with E-state index in [2.05, 4.69) is 14.9 Å². The Kier molecular flexibility index (Phi) is 1.89. The molecule has 0 radical (unpaired) electrons. The second kappa shape index (κ2) is 2.90. The number of rotatable bonds is 1. The van der Waals surface area contributed by atoms with Crippen molar-refractivity contribution in [2.45, 2.75) is 13.3 Å². The van der Waals surface area contributed by atoms with E-state index in [0.717, 1.165) is 24.7 Å². The van der Waals surface area contributed by atoms with Gasteiger partial charge in [0.05, 0.1) is 0 Å². The second-order valence-corrected chi connectivity index (χ2v) is 3.32. The highest BCUT2D eigenvalue weighted by atomic mass is 35.5. The van der Waals surface area contributed by atoms with Gasteiger partial charge in [0, 0.05) is 19.2 Å². The molecule has 64 valence electrons. The molecule has 1 aromatic heterocycles. The second-order valence-electron chi connectivity index (χ2n) is 2.94. The lowest BCUT2D eigenvalue weighted by Gasteiger charge is -2.31. The number of anilines is 1. The number of hydrogen-bond donors (Lipinski definition) is 0. The monoisotopic (exact) mass is 183 g/mol. The summed E-state index contributed by atoms with van der Waals surface area (Å²) in [5.74, 6) is 1.70. The molecular formula is C8H10ClN3. The number of hydrogen-bond acceptors (Lipinski definition) is 3. The van der Waals surface area contributed by atoms with Gasteiger partial charge in [-0.2, -0.15) is 0 Å². The molecule has 0 aliphatic carbocycles. The molecule has 1 aliphatic rings. The van der Waals surface area contributed by atoms with Crippen LogP contribution in [0.3, 0.4) is 0 Å². The first-order valence-electron chi connectivity index (χ1n) is 4.02. The molecule has 0 unspecified atom stereocenters. The molecule has 1 aromatic rings. The molecule has 1 saturated heterocycles. The first-order chi connectivity index (χ1) is 5.75. The molecule has 12 heavy (non-hydrogen) atoms. The van der Waals surface area contributed by atoms with Crippen LogP contribution in [0.1, 0.15) is 12.2 Å². The zero-order chi connectivity index (χ0) is 8.55. The van der Waals surface area contributed by atoms with Crippen molar-refractivity contribution in [2.75, 3.05) is 18.0 Å². The lowest BCUT2D eigenvalue weighted by atomic mass is 10.2. The van der Waals surface area contributed by atoms with Crippen molar-refractivity contribution in [3.05, 3.63) is 17.0 Å². The number of nitrogens with zero attached hydrogens (tertiary/aromatic N) is 3. The van der Waals surface area contributed by atoms with Crippen LogP contribution in [0.2, 0.25) is 5.15 Å². The Hall–Kier alpha value is -0.830. The van der Waals surface area contributed by atoms with E-state index in [1.807, 2.05) is 13.0 Å². The molecule has 1 fully saturated rings. The van der Waals surface area contributed by atoms with Crippen molar-refractivity contribution in [2.24, 2.45) is 0 Å². The summed E-state index contributed by atoms with van der Waals surface area (Å²) in [6, 6.07) is 1.81. The fraction of sp³-hybridized carbons (Fsp3) is 0.500. The van der Waals surface area contributed by atoms with Gasteiger partial charge >= 0.3 is 0 Å². The van der Waals surface area contributed by atoms with E-state index in [9.17, 15) is 0 Å². The zero-order valence-electron chi connectivity index (χ0n) is 6.92. The van der Waals surface area contributed by atoms with E-state index in [1.165, 1.54) is 6.42 Å². The predicted octanol–water partition coefficient (Wildman–Crippen LogP) is 1.65. The summed E-state index contributed by atoms with van der Waals surface area (Å²) in [6.07, 6.45) is 1.25. The van der Waals surface area contributed by atoms with Gasteiger partial charge in [-0.05, 0) is 13.3 Å². The highest BCUT2D eigenvalue weighted by Gasteiger charge is 2.16. The SMILES string of the molecule is Cc1nc(Cl)cc(N2CCC2)n1. The molecule has 1 aliphatic heterocycles. The summed E-state index contributed by atoms with van der Waals surface area (Å²) >= 11 is 5.80. The molecule has 0 saturated carbocycles. The minimum Gasteiger partial charge on any atom is -0.356 e. The summed E-state index contributed by atoms with van der Waals surface area (Å²) in [5.41, 5.74) is 0. The number of aryl methyl sites for hydroxylation is 1. The third kappa shape index (κ3) is 1.37. The summed E-state index contributed by atoms with van der Waals surface area (Å²) in [6.45, 7) is 4.04. The van der Waals surface area contributed by atoms with Gasteiger partial charge in [0.1, 0.15) is 16.8 Å². The van der Waals surface area contributed by atoms with Crippen LogP contribution < -0.4 is 4.90 Å². The standard InChI is InChI=1S/C8H10ClN3/c1-6-10-7(9)5-8(11-6)12-3-2-4-12/h5H,2-4H2,1H3. The van der Waals surface area contributed by atoms with Crippen molar-refractivity contribution in [1.82, 2.24) is 9.97 Å². The Balaban J connectivity index is 2.30. The number of aromatic nitrogens is 2. The molecule has 0 aromatic carbocycles. The number of halogens is 1. The summed E-state index contributed by atoms with van der Waals surface area (Å²) in [7, 11) is 0. The maximum absolute atomic E-state index is 5.80. The Morgan fingerprint density at radius 2 is 2.17 bits per heavy atom. The Bertz CT molecular complexity index is 276. The first kappa shape index (κ1) is 7.80. The minimum atomic E-state index is 0.532. The van der Waals surface area contributed by atoms with E-state index in [0.29, 0.717) is 5.15 Å². The average molecular weight is 184 g/mol. The van der Waals surface area contributed by atoms with Crippen LogP contribution >= 0.6 is 11.6 Å². The van der Waals surface area contributed by atoms with Gasteiger partial charge in [-0.15, -0.1) is 0 Å². The van der Waals surface area contributed by atoms with Crippen LogP contribution in [-0.4, -0.2) is 23.1 Å². The normalized spacial score (nSPS) is 16.0. The smallest absolute Gasteiger partial charge is 0.134 e. The van der Waals surface area contributed by atoms with Gasteiger partial charge in [0.25, 0.3) is 0 Å². The van der Waals surface area contributed by atoms with Gasteiger partial charge in [-0.3, -0.25) is 0 Å². The first-order valence-corrected chi connectivity index (χ1v) is 4.39. The molecule has 0 atom stereocenters. The van der Waals surface area contributed by atoms with E-state index >= 15 is 0 Å². The van der Waals surface area contributed by atoms with Crippen molar-refractivity contribution in [1.29, 1.82) is 0 Å². The third-order valence-corrected chi connectivity index (χ3v) is 2.17. The van der Waals surface area contributed by atoms with Gasteiger partial charge in [-0.25, -0.2) is 9.97 Å². The highest BCUT2D eigenvalue weighted by Crippen LogP contribution is 2.20. The molecule has 0 bridgehead atoms. The molecule has 0 amide bonds. The quantitative estimate of drug-likeness (QED) is 0.620. The van der Waals surface area contributed by atoms with Crippen LogP contribution in [0.5, 0.6) is 0 Å². The fourth-order valence-corrected chi connectivity index (χ4v) is 1.44. The van der Waals surface area contributed by atoms with Crippen LogP contribution in [0.4, 0.5) is 5.82 Å². The molecule has 3 nitrogen and oxygen atoms in total. The summed E-state index contributed by atoms with van der Waals surface area (Å²) in [5, 5.41) is 0.532. The van der Waals surface area contributed by atoms with Gasteiger partial charge in [-0.1, -0.05) is 11.6 Å². The van der Waals surface area contributed by atoms with Crippen LogP contribution in [-0.2, 0) is 0 Å². The van der Waals surface area contributed by atoms with Gasteiger partial charge in [0.2, 0.25) is 0 Å². The Morgan fingerprint density at radius 1 is 1.42 bits per heavy atom. The van der Waals surface area contributed by atoms with E-state index in [1.54, 1.807) is 0 Å². The maximum atomic E-state index is 5.80. The van der Waals surface area contributed by atoms with E-state index in [-0.39, 0.29) is 0 Å². The predicted molar refractivity (Wildman–Crippen MR) is 48.6 cm³/mol. The average Bonchev–Trinajstić information content (AvgIpc) is 1.79. The Labute approximate surface area is 76.4 Å². The zero-order valence-corrected chi connectivity index (χ0v) is 7.67. The fourth-order valence-electron chi connectivity index (χ4n) is 1.22. The van der Waals surface area contributed by atoms with Crippen molar-refractivity contribution >= 4 is 17.4 Å². The molecule has 2 heterocycles. The highest BCUT2D eigenvalue weighted by molar-refractivity contribution is 6.29. The third-order valence-electron chi connectivity index (χ3n) is 1.97. The summed E-state index contributed by atoms with van der Waals surface area (Å²) in [4.78, 5) is 10.5. The molecule has 0 spiro atoms.